The van der Waals surface area contributed by atoms with Crippen molar-refractivity contribution in [1.82, 2.24) is 5.16 Å². The molecule has 1 heterocycles. The average Bonchev–Trinajstić information content (AvgIpc) is 2.60. The van der Waals surface area contributed by atoms with Gasteiger partial charge < -0.3 is 14.7 Å². The number of phenolic OH excluding ortho intramolecular Hbond substituents is 1. The van der Waals surface area contributed by atoms with Crippen molar-refractivity contribution in [3.63, 3.8) is 0 Å². The topological polar surface area (TPSA) is 83.6 Å². The van der Waals surface area contributed by atoms with Gasteiger partial charge in [-0.1, -0.05) is 17.3 Å². The molecule has 6 heteroatoms. The first-order valence-corrected chi connectivity index (χ1v) is 5.06. The van der Waals surface area contributed by atoms with Crippen LogP contribution in [0, 0.1) is 0 Å². The number of aromatic hydroxyl groups is 1. The van der Waals surface area contributed by atoms with E-state index in [0.29, 0.717) is 5.56 Å². The summed E-state index contributed by atoms with van der Waals surface area (Å²) in [5.74, 6) is -1.11. The lowest BCUT2D eigenvalue weighted by Gasteiger charge is -1.98. The van der Waals surface area contributed by atoms with E-state index in [0.717, 1.165) is 0 Å². The van der Waals surface area contributed by atoms with Crippen molar-refractivity contribution in [2.75, 3.05) is 0 Å². The zero-order valence-electron chi connectivity index (χ0n) is 7.85. The van der Waals surface area contributed by atoms with Crippen LogP contribution in [0.25, 0.3) is 11.3 Å². The number of hydrogen-bond acceptors (Lipinski definition) is 4. The highest BCUT2D eigenvalue weighted by atomic mass is 79.9. The van der Waals surface area contributed by atoms with Crippen molar-refractivity contribution in [3.8, 4) is 17.0 Å². The molecule has 0 aliphatic carbocycles. The quantitative estimate of drug-likeness (QED) is 0.885. The van der Waals surface area contributed by atoms with Crippen LogP contribution in [-0.2, 0) is 0 Å². The van der Waals surface area contributed by atoms with Gasteiger partial charge in [0.25, 0.3) is 0 Å². The SMILES string of the molecule is O=C(O)c1c(-c2cccc(O)c2)noc1Br. The van der Waals surface area contributed by atoms with E-state index in [1.54, 1.807) is 12.1 Å². The maximum absolute atomic E-state index is 11.0. The zero-order chi connectivity index (χ0) is 11.7. The summed E-state index contributed by atoms with van der Waals surface area (Å²) in [6.07, 6.45) is 0. The molecule has 16 heavy (non-hydrogen) atoms. The average molecular weight is 284 g/mol. The first-order chi connectivity index (χ1) is 7.59. The standard InChI is InChI=1S/C10H6BrNO4/c11-9-7(10(14)15)8(12-16-9)5-2-1-3-6(13)4-5/h1-4,13H,(H,14,15). The van der Waals surface area contributed by atoms with Gasteiger partial charge in [0.2, 0.25) is 4.67 Å². The Labute approximate surface area is 98.4 Å². The number of aromatic carboxylic acids is 1. The van der Waals surface area contributed by atoms with Gasteiger partial charge in [0.15, 0.2) is 0 Å². The monoisotopic (exact) mass is 283 g/mol. The third-order valence-corrected chi connectivity index (χ3v) is 2.53. The van der Waals surface area contributed by atoms with E-state index >= 15 is 0 Å². The highest BCUT2D eigenvalue weighted by Crippen LogP contribution is 2.30. The molecule has 0 spiro atoms. The molecule has 0 fully saturated rings. The molecule has 0 aliphatic rings. The van der Waals surface area contributed by atoms with E-state index in [9.17, 15) is 9.90 Å². The summed E-state index contributed by atoms with van der Waals surface area (Å²) in [6.45, 7) is 0. The van der Waals surface area contributed by atoms with Crippen LogP contribution in [-0.4, -0.2) is 21.3 Å². The van der Waals surface area contributed by atoms with Crippen LogP contribution in [0.15, 0.2) is 33.5 Å². The van der Waals surface area contributed by atoms with Crippen molar-refractivity contribution in [2.45, 2.75) is 0 Å². The Hall–Kier alpha value is -1.82. The normalized spacial score (nSPS) is 10.3. The van der Waals surface area contributed by atoms with Crippen molar-refractivity contribution in [3.05, 3.63) is 34.5 Å². The highest BCUT2D eigenvalue weighted by molar-refractivity contribution is 9.10. The fourth-order valence-corrected chi connectivity index (χ4v) is 1.74. The number of hydrogen-bond donors (Lipinski definition) is 2. The molecule has 0 atom stereocenters. The van der Waals surface area contributed by atoms with E-state index in [4.69, 9.17) is 9.63 Å². The Morgan fingerprint density at radius 2 is 2.19 bits per heavy atom. The summed E-state index contributed by atoms with van der Waals surface area (Å²) in [7, 11) is 0. The second kappa shape index (κ2) is 3.97. The number of nitrogens with zero attached hydrogens (tertiary/aromatic N) is 1. The number of halogens is 1. The van der Waals surface area contributed by atoms with Crippen LogP contribution in [0.5, 0.6) is 5.75 Å². The Kier molecular flexibility index (Phi) is 2.66. The molecule has 0 radical (unpaired) electrons. The summed E-state index contributed by atoms with van der Waals surface area (Å²) in [6, 6.07) is 6.13. The largest absolute Gasteiger partial charge is 0.508 e. The molecule has 5 nitrogen and oxygen atoms in total. The third-order valence-electron chi connectivity index (χ3n) is 1.98. The summed E-state index contributed by atoms with van der Waals surface area (Å²) in [5, 5.41) is 21.9. The Balaban J connectivity index is 2.60. The van der Waals surface area contributed by atoms with Crippen molar-refractivity contribution in [2.24, 2.45) is 0 Å². The number of rotatable bonds is 2. The van der Waals surface area contributed by atoms with E-state index in [1.807, 2.05) is 0 Å². The molecular formula is C10H6BrNO4. The van der Waals surface area contributed by atoms with Gasteiger partial charge in [-0.05, 0) is 28.1 Å². The van der Waals surface area contributed by atoms with E-state index < -0.39 is 5.97 Å². The Morgan fingerprint density at radius 3 is 2.81 bits per heavy atom. The Morgan fingerprint density at radius 1 is 1.44 bits per heavy atom. The highest BCUT2D eigenvalue weighted by Gasteiger charge is 2.21. The first kappa shape index (κ1) is 10.7. The van der Waals surface area contributed by atoms with Crippen molar-refractivity contribution in [1.29, 1.82) is 0 Å². The third kappa shape index (κ3) is 1.79. The lowest BCUT2D eigenvalue weighted by molar-refractivity contribution is 0.0695. The van der Waals surface area contributed by atoms with Crippen LogP contribution in [0.3, 0.4) is 0 Å². The number of phenols is 1. The summed E-state index contributed by atoms with van der Waals surface area (Å²) in [4.78, 5) is 11.0. The zero-order valence-corrected chi connectivity index (χ0v) is 9.43. The van der Waals surface area contributed by atoms with Gasteiger partial charge in [-0.3, -0.25) is 0 Å². The van der Waals surface area contributed by atoms with Crippen LogP contribution in [0.1, 0.15) is 10.4 Å². The van der Waals surface area contributed by atoms with E-state index in [-0.39, 0.29) is 21.7 Å². The second-order valence-electron chi connectivity index (χ2n) is 3.04. The summed E-state index contributed by atoms with van der Waals surface area (Å²) in [5.41, 5.74) is 0.590. The van der Waals surface area contributed by atoms with Gasteiger partial charge in [0, 0.05) is 5.56 Å². The van der Waals surface area contributed by atoms with Gasteiger partial charge in [0.1, 0.15) is 17.0 Å². The van der Waals surface area contributed by atoms with Crippen LogP contribution < -0.4 is 0 Å². The number of aromatic nitrogens is 1. The van der Waals surface area contributed by atoms with E-state index in [1.165, 1.54) is 12.1 Å². The molecule has 0 saturated carbocycles. The smallest absolute Gasteiger partial charge is 0.342 e. The minimum absolute atomic E-state index is 0.0351. The lowest BCUT2D eigenvalue weighted by atomic mass is 10.1. The van der Waals surface area contributed by atoms with Gasteiger partial charge in [-0.25, -0.2) is 4.79 Å². The number of benzene rings is 1. The predicted molar refractivity (Wildman–Crippen MR) is 58.3 cm³/mol. The molecule has 82 valence electrons. The molecule has 2 aromatic rings. The van der Waals surface area contributed by atoms with E-state index in [2.05, 4.69) is 21.1 Å². The number of carboxylic acid groups (broad SMARTS) is 1. The molecule has 0 saturated heterocycles. The Bertz CT molecular complexity index is 550. The fourth-order valence-electron chi connectivity index (χ4n) is 1.31. The molecule has 0 unspecified atom stereocenters. The molecule has 2 rings (SSSR count). The van der Waals surface area contributed by atoms with Gasteiger partial charge in [0.05, 0.1) is 0 Å². The molecule has 1 aromatic carbocycles. The van der Waals surface area contributed by atoms with Gasteiger partial charge in [-0.2, -0.15) is 0 Å². The molecule has 0 bridgehead atoms. The summed E-state index contributed by atoms with van der Waals surface area (Å²) < 4.78 is 4.81. The predicted octanol–water partition coefficient (Wildman–Crippen LogP) is 2.51. The molecule has 1 aromatic heterocycles. The van der Waals surface area contributed by atoms with Crippen LogP contribution in [0.2, 0.25) is 0 Å². The second-order valence-corrected chi connectivity index (χ2v) is 3.76. The maximum atomic E-state index is 11.0. The fraction of sp³-hybridized carbons (Fsp3) is 0. The van der Waals surface area contributed by atoms with Gasteiger partial charge >= 0.3 is 5.97 Å². The molecule has 0 aliphatic heterocycles. The van der Waals surface area contributed by atoms with Gasteiger partial charge in [-0.15, -0.1) is 0 Å². The van der Waals surface area contributed by atoms with Crippen molar-refractivity contribution >= 4 is 21.9 Å². The van der Waals surface area contributed by atoms with Crippen LogP contribution in [0.4, 0.5) is 0 Å². The first-order valence-electron chi connectivity index (χ1n) is 4.27. The molecular weight excluding hydrogens is 278 g/mol. The lowest BCUT2D eigenvalue weighted by Crippen LogP contribution is -1.97. The summed E-state index contributed by atoms with van der Waals surface area (Å²) >= 11 is 2.96. The van der Waals surface area contributed by atoms with Crippen molar-refractivity contribution < 1.29 is 19.5 Å². The minimum atomic E-state index is -1.15. The number of carbonyl (C=O) groups is 1. The molecule has 2 N–H and O–H groups in total. The maximum Gasteiger partial charge on any atom is 0.342 e. The minimum Gasteiger partial charge on any atom is -0.508 e. The van der Waals surface area contributed by atoms with Crippen LogP contribution >= 0.6 is 15.9 Å². The molecule has 0 amide bonds. The number of carboxylic acids is 1.